The number of halogens is 1. The van der Waals surface area contributed by atoms with E-state index in [0.717, 1.165) is 41.4 Å². The molecule has 1 saturated carbocycles. The predicted octanol–water partition coefficient (Wildman–Crippen LogP) is 6.56. The number of aromatic nitrogens is 1. The summed E-state index contributed by atoms with van der Waals surface area (Å²) in [6.07, 6.45) is 4.42. The van der Waals surface area contributed by atoms with E-state index in [1.54, 1.807) is 6.07 Å². The van der Waals surface area contributed by atoms with Crippen LogP contribution in [-0.2, 0) is 27.5 Å². The summed E-state index contributed by atoms with van der Waals surface area (Å²) in [5.74, 6) is 1.08. The Morgan fingerprint density at radius 1 is 1.02 bits per heavy atom. The third-order valence-electron chi connectivity index (χ3n) is 7.52. The van der Waals surface area contributed by atoms with E-state index in [1.165, 1.54) is 13.3 Å². The second kappa shape index (κ2) is 13.3. The highest BCUT2D eigenvalue weighted by atomic mass is 32.2. The maximum atomic E-state index is 15.0. The van der Waals surface area contributed by atoms with Crippen molar-refractivity contribution in [3.05, 3.63) is 77.2 Å². The van der Waals surface area contributed by atoms with Gasteiger partial charge in [-0.2, -0.15) is 8.42 Å². The van der Waals surface area contributed by atoms with E-state index >= 15 is 0 Å². The summed E-state index contributed by atoms with van der Waals surface area (Å²) in [7, 11) is -1.99. The minimum absolute atomic E-state index is 0.0286. The Balaban J connectivity index is 1.59. The Hall–Kier alpha value is -3.01. The molecule has 0 spiro atoms. The van der Waals surface area contributed by atoms with E-state index in [4.69, 9.17) is 13.7 Å². The lowest BCUT2D eigenvalue weighted by Gasteiger charge is -2.31. The first kappa shape index (κ1) is 30.9. The molecule has 41 heavy (non-hydrogen) atoms. The fourth-order valence-electron chi connectivity index (χ4n) is 5.23. The van der Waals surface area contributed by atoms with Crippen molar-refractivity contribution in [2.75, 3.05) is 20.0 Å². The Kier molecular flexibility index (Phi) is 10.0. The van der Waals surface area contributed by atoms with E-state index in [-0.39, 0.29) is 24.6 Å². The smallest absolute Gasteiger partial charge is 0.264 e. The zero-order chi connectivity index (χ0) is 29.7. The maximum Gasteiger partial charge on any atom is 0.264 e. The van der Waals surface area contributed by atoms with Crippen molar-refractivity contribution in [2.24, 2.45) is 5.92 Å². The first-order chi connectivity index (χ1) is 19.4. The van der Waals surface area contributed by atoms with E-state index in [2.05, 4.69) is 43.6 Å². The van der Waals surface area contributed by atoms with Crippen LogP contribution in [0.4, 0.5) is 4.39 Å². The fourth-order valence-corrected chi connectivity index (χ4v) is 5.62. The third-order valence-corrected chi connectivity index (χ3v) is 8.09. The highest BCUT2D eigenvalue weighted by Crippen LogP contribution is 2.43. The molecule has 0 radical (unpaired) electrons. The number of hydrogen-bond donors (Lipinski definition) is 0. The summed E-state index contributed by atoms with van der Waals surface area (Å²) in [4.78, 5) is 6.34. The van der Waals surface area contributed by atoms with Gasteiger partial charge in [0.2, 0.25) is 5.88 Å². The molecule has 1 aliphatic rings. The fraction of sp³-hybridized carbons (Fsp3) is 0.469. The maximum absolute atomic E-state index is 15.0. The molecule has 222 valence electrons. The van der Waals surface area contributed by atoms with E-state index < -0.39 is 15.9 Å². The monoisotopic (exact) mass is 584 g/mol. The van der Waals surface area contributed by atoms with Crippen molar-refractivity contribution < 1.29 is 26.5 Å². The molecule has 0 bridgehead atoms. The molecule has 3 aromatic rings. The van der Waals surface area contributed by atoms with Gasteiger partial charge >= 0.3 is 0 Å². The lowest BCUT2D eigenvalue weighted by Crippen LogP contribution is -2.36. The molecule has 1 fully saturated rings. The molecule has 7 nitrogen and oxygen atoms in total. The van der Waals surface area contributed by atoms with Crippen molar-refractivity contribution in [3.63, 3.8) is 0 Å². The van der Waals surface area contributed by atoms with Gasteiger partial charge in [-0.25, -0.2) is 9.37 Å². The Bertz CT molecular complexity index is 1430. The van der Waals surface area contributed by atoms with Gasteiger partial charge in [0.05, 0.1) is 26.2 Å². The first-order valence-electron chi connectivity index (χ1n) is 14.1. The van der Waals surface area contributed by atoms with Crippen molar-refractivity contribution in [1.29, 1.82) is 0 Å². The second-order valence-electron chi connectivity index (χ2n) is 11.4. The second-order valence-corrected chi connectivity index (χ2v) is 13.0. The van der Waals surface area contributed by atoms with Gasteiger partial charge in [0, 0.05) is 36.2 Å². The van der Waals surface area contributed by atoms with Crippen LogP contribution < -0.4 is 9.47 Å². The molecule has 2 aromatic carbocycles. The molecule has 1 aromatic heterocycles. The van der Waals surface area contributed by atoms with Gasteiger partial charge < -0.3 is 9.47 Å². The van der Waals surface area contributed by atoms with Crippen LogP contribution in [0.3, 0.4) is 0 Å². The quantitative estimate of drug-likeness (QED) is 0.199. The summed E-state index contributed by atoms with van der Waals surface area (Å²) < 4.78 is 54.8. The van der Waals surface area contributed by atoms with Gasteiger partial charge in [0.1, 0.15) is 18.2 Å². The number of hydrogen-bond acceptors (Lipinski definition) is 7. The van der Waals surface area contributed by atoms with E-state index in [1.807, 2.05) is 36.4 Å². The molecule has 1 atom stereocenters. The number of ether oxygens (including phenoxy) is 2. The molecule has 1 aliphatic carbocycles. The predicted molar refractivity (Wildman–Crippen MR) is 159 cm³/mol. The SMILES string of the molecule is COc1cc(-c2ccc(OCc3cccc(C(COS(C)(=O)=O)C4CC4)c3)cc2CN(C(C)C)C(C)C)c(F)cn1. The standard InChI is InChI=1S/C32H41FN2O5S/c1-21(2)35(22(3)4)18-26-15-27(12-13-28(26)29-16-32(38-5)34-17-31(29)33)39-19-23-8-7-9-25(14-23)30(24-10-11-24)20-40-41(6,36)37/h7-9,12-17,21-22,24,30H,10-11,18-20H2,1-6H3. The number of benzene rings is 2. The number of pyridine rings is 1. The van der Waals surface area contributed by atoms with E-state index in [9.17, 15) is 12.8 Å². The minimum atomic E-state index is -3.51. The molecule has 1 unspecified atom stereocenters. The van der Waals surface area contributed by atoms with Gasteiger partial charge in [0.15, 0.2) is 0 Å². The van der Waals surface area contributed by atoms with Crippen molar-refractivity contribution in [1.82, 2.24) is 9.88 Å². The highest BCUT2D eigenvalue weighted by Gasteiger charge is 2.33. The largest absolute Gasteiger partial charge is 0.489 e. The van der Waals surface area contributed by atoms with Gasteiger partial charge in [-0.3, -0.25) is 9.08 Å². The summed E-state index contributed by atoms with van der Waals surface area (Å²) >= 11 is 0. The van der Waals surface area contributed by atoms with Crippen LogP contribution in [0, 0.1) is 11.7 Å². The Morgan fingerprint density at radius 2 is 1.76 bits per heavy atom. The van der Waals surface area contributed by atoms with Crippen molar-refractivity contribution in [3.8, 4) is 22.8 Å². The lowest BCUT2D eigenvalue weighted by atomic mass is 9.94. The van der Waals surface area contributed by atoms with Crippen LogP contribution in [0.15, 0.2) is 54.7 Å². The van der Waals surface area contributed by atoms with Crippen LogP contribution in [0.5, 0.6) is 11.6 Å². The zero-order valence-corrected chi connectivity index (χ0v) is 25.6. The lowest BCUT2D eigenvalue weighted by molar-refractivity contribution is 0.166. The van der Waals surface area contributed by atoms with Crippen molar-refractivity contribution >= 4 is 10.1 Å². The van der Waals surface area contributed by atoms with Crippen LogP contribution in [0.25, 0.3) is 11.1 Å². The van der Waals surface area contributed by atoms with Gasteiger partial charge in [-0.05, 0) is 80.8 Å². The average Bonchev–Trinajstić information content (AvgIpc) is 3.76. The summed E-state index contributed by atoms with van der Waals surface area (Å²) in [6, 6.07) is 16.0. The van der Waals surface area contributed by atoms with Crippen molar-refractivity contribution in [2.45, 2.75) is 71.7 Å². The Labute approximate surface area is 243 Å². The Morgan fingerprint density at radius 3 is 2.39 bits per heavy atom. The summed E-state index contributed by atoms with van der Waals surface area (Å²) in [5, 5.41) is 0. The van der Waals surface area contributed by atoms with Gasteiger partial charge in [-0.15, -0.1) is 0 Å². The minimum Gasteiger partial charge on any atom is -0.489 e. The number of methoxy groups -OCH3 is 1. The topological polar surface area (TPSA) is 78.0 Å². The van der Waals surface area contributed by atoms with Gasteiger partial charge in [0.25, 0.3) is 10.1 Å². The molecule has 9 heteroatoms. The van der Waals surface area contributed by atoms with Crippen LogP contribution in [-0.4, -0.2) is 50.4 Å². The molecule has 0 aliphatic heterocycles. The van der Waals surface area contributed by atoms with Crippen LogP contribution >= 0.6 is 0 Å². The molecular formula is C32H41FN2O5S. The third kappa shape index (κ3) is 8.50. The highest BCUT2D eigenvalue weighted by molar-refractivity contribution is 7.85. The summed E-state index contributed by atoms with van der Waals surface area (Å²) in [6.45, 7) is 9.71. The number of nitrogens with zero attached hydrogens (tertiary/aromatic N) is 2. The van der Waals surface area contributed by atoms with Gasteiger partial charge in [-0.1, -0.05) is 30.3 Å². The number of rotatable bonds is 14. The molecule has 4 rings (SSSR count). The van der Waals surface area contributed by atoms with Crippen LogP contribution in [0.2, 0.25) is 0 Å². The average molecular weight is 585 g/mol. The normalized spacial score (nSPS) is 14.6. The molecular weight excluding hydrogens is 543 g/mol. The van der Waals surface area contributed by atoms with Crippen LogP contribution in [0.1, 0.15) is 63.1 Å². The molecule has 0 N–H and O–H groups in total. The summed E-state index contributed by atoms with van der Waals surface area (Å²) in [5.41, 5.74) is 4.18. The molecule has 0 saturated heterocycles. The van der Waals surface area contributed by atoms with E-state index in [0.29, 0.717) is 36.3 Å². The zero-order valence-electron chi connectivity index (χ0n) is 24.8. The first-order valence-corrected chi connectivity index (χ1v) is 15.9. The molecule has 0 amide bonds. The molecule has 1 heterocycles.